The van der Waals surface area contributed by atoms with Gasteiger partial charge in [-0.25, -0.2) is 0 Å². The molecule has 6 heteroatoms. The SMILES string of the molecule is CCc1ccc2c(c1)=[C]([Zr+2])C1=C(C3=CC=CC3)C(CC)([Si](C)(C)C)C([Si](C)(C)C)=C([Si](C)(C)C)C=21.[Cl-].[Cl-]. The van der Waals surface area contributed by atoms with E-state index in [-0.39, 0.29) is 29.9 Å². The van der Waals surface area contributed by atoms with Crippen LogP contribution in [0.15, 0.2) is 63.5 Å². The standard InChI is InChI=1S/C31H45Si3.2ClH.Zr/c1-12-22-18-19-25-24(20-22)21-26-27(25)29(32(3,4)5)30(33(6,7)8)31(13-2,34(9,10)11)28(26)23-16-14-15-17-23;;;/h14-16,18-20H,12-13,17H2,1-11H3;2*1H;/q;;;+2/p-2. The summed E-state index contributed by atoms with van der Waals surface area (Å²) in [6, 6.07) is 7.44. The van der Waals surface area contributed by atoms with E-state index in [2.05, 4.69) is 109 Å². The van der Waals surface area contributed by atoms with Crippen molar-refractivity contribution in [3.05, 3.63) is 79.5 Å². The van der Waals surface area contributed by atoms with Crippen LogP contribution in [0.1, 0.15) is 32.3 Å². The van der Waals surface area contributed by atoms with Gasteiger partial charge in [0.05, 0.1) is 0 Å². The maximum Gasteiger partial charge on any atom is -1.00 e. The first-order chi connectivity index (χ1) is 16.1. The second kappa shape index (κ2) is 11.1. The van der Waals surface area contributed by atoms with Crippen LogP contribution in [-0.4, -0.2) is 24.2 Å². The van der Waals surface area contributed by atoms with Crippen molar-refractivity contribution >= 4 is 33.1 Å². The molecule has 0 heterocycles. The molecule has 4 rings (SSSR count). The number of aryl methyl sites for hydroxylation is 1. The summed E-state index contributed by atoms with van der Waals surface area (Å²) in [6.07, 6.45) is 10.6. The molecule has 0 radical (unpaired) electrons. The summed E-state index contributed by atoms with van der Waals surface area (Å²) in [4.78, 5) is 0. The molecule has 0 saturated heterocycles. The van der Waals surface area contributed by atoms with Crippen LogP contribution in [0.2, 0.25) is 64.0 Å². The van der Waals surface area contributed by atoms with Gasteiger partial charge < -0.3 is 24.8 Å². The van der Waals surface area contributed by atoms with Gasteiger partial charge in [-0.05, 0) is 0 Å². The van der Waals surface area contributed by atoms with Crippen LogP contribution >= 0.6 is 0 Å². The van der Waals surface area contributed by atoms with E-state index < -0.39 is 24.2 Å². The molecule has 0 amide bonds. The van der Waals surface area contributed by atoms with E-state index in [0.29, 0.717) is 0 Å². The summed E-state index contributed by atoms with van der Waals surface area (Å²) in [6.45, 7) is 28.7. The second-order valence-corrected chi connectivity index (χ2v) is 30.4. The molecule has 3 aliphatic carbocycles. The van der Waals surface area contributed by atoms with E-state index >= 15 is 0 Å². The third-order valence-electron chi connectivity index (χ3n) is 8.54. The largest absolute Gasteiger partial charge is 1.00 e. The number of hydrogen-bond donors (Lipinski definition) is 0. The maximum absolute atomic E-state index is 2.67. The van der Waals surface area contributed by atoms with Crippen LogP contribution in [0, 0.1) is 0 Å². The molecule has 1 atom stereocenters. The number of benzene rings is 1. The van der Waals surface area contributed by atoms with Crippen molar-refractivity contribution in [3.63, 3.8) is 0 Å². The first-order valence-electron chi connectivity index (χ1n) is 13.6. The van der Waals surface area contributed by atoms with E-state index in [1.165, 1.54) is 12.0 Å². The summed E-state index contributed by atoms with van der Waals surface area (Å²) in [5, 5.41) is 7.07. The van der Waals surface area contributed by atoms with Gasteiger partial charge in [0.25, 0.3) is 0 Å². The number of rotatable bonds is 6. The van der Waals surface area contributed by atoms with Crippen molar-refractivity contribution in [1.29, 1.82) is 0 Å². The number of hydrogen-bond acceptors (Lipinski definition) is 0. The van der Waals surface area contributed by atoms with Crippen LogP contribution in [0.3, 0.4) is 0 Å². The van der Waals surface area contributed by atoms with Crippen molar-refractivity contribution in [1.82, 2.24) is 0 Å². The van der Waals surface area contributed by atoms with Gasteiger partial charge in [-0.1, -0.05) is 0 Å². The Balaban J connectivity index is 0.00000241. The number of allylic oxidation sites excluding steroid dienone is 8. The molecule has 0 saturated carbocycles. The average Bonchev–Trinajstić information content (AvgIpc) is 3.36. The number of halogens is 2. The molecule has 3 aliphatic rings. The minimum absolute atomic E-state index is 0. The van der Waals surface area contributed by atoms with Gasteiger partial charge in [-0.3, -0.25) is 0 Å². The third kappa shape index (κ3) is 5.15. The molecule has 0 bridgehead atoms. The van der Waals surface area contributed by atoms with Gasteiger partial charge in [0.1, 0.15) is 0 Å². The van der Waals surface area contributed by atoms with Gasteiger partial charge in [0.15, 0.2) is 0 Å². The molecule has 0 spiro atoms. The normalized spacial score (nSPS) is 21.6. The summed E-state index contributed by atoms with van der Waals surface area (Å²) < 4.78 is 1.63. The Bertz CT molecular complexity index is 1340. The summed E-state index contributed by atoms with van der Waals surface area (Å²) in [5.74, 6) is 0. The smallest absolute Gasteiger partial charge is 1.00 e. The molecule has 0 aromatic heterocycles. The van der Waals surface area contributed by atoms with Gasteiger partial charge in [-0.2, -0.15) is 0 Å². The van der Waals surface area contributed by atoms with Gasteiger partial charge in [-0.15, -0.1) is 0 Å². The summed E-state index contributed by atoms with van der Waals surface area (Å²) in [7, 11) is -5.01. The van der Waals surface area contributed by atoms with Crippen molar-refractivity contribution in [3.8, 4) is 0 Å². The quantitative estimate of drug-likeness (QED) is 0.408. The van der Waals surface area contributed by atoms with Crippen molar-refractivity contribution in [2.45, 2.75) is 97.1 Å². The monoisotopic (exact) mass is 661 g/mol. The zero-order chi connectivity index (χ0) is 26.1. The van der Waals surface area contributed by atoms with Crippen LogP contribution < -0.4 is 35.3 Å². The molecule has 0 nitrogen and oxygen atoms in total. The topological polar surface area (TPSA) is 0 Å². The van der Waals surface area contributed by atoms with Crippen LogP contribution in [0.25, 0.3) is 8.85 Å². The van der Waals surface area contributed by atoms with E-state index in [1.54, 1.807) is 60.7 Å². The minimum Gasteiger partial charge on any atom is -1.00 e. The second-order valence-electron chi connectivity index (χ2n) is 13.8. The fourth-order valence-corrected chi connectivity index (χ4v) is 20.4. The van der Waals surface area contributed by atoms with Crippen molar-refractivity contribution in [2.75, 3.05) is 0 Å². The predicted octanol–water partition coefficient (Wildman–Crippen LogP) is 1.81. The van der Waals surface area contributed by atoms with E-state index in [4.69, 9.17) is 0 Å². The zero-order valence-corrected chi connectivity index (χ0v) is 31.8. The molecule has 1 aromatic rings. The average molecular weight is 664 g/mol. The van der Waals surface area contributed by atoms with Crippen LogP contribution in [0.4, 0.5) is 0 Å². The molecular formula is C31H45Cl2Si3Zr. The Morgan fingerprint density at radius 1 is 0.838 bits per heavy atom. The molecule has 1 aromatic carbocycles. The Morgan fingerprint density at radius 2 is 1.46 bits per heavy atom. The first kappa shape index (κ1) is 33.2. The fourth-order valence-electron chi connectivity index (χ4n) is 7.28. The van der Waals surface area contributed by atoms with E-state index in [0.717, 1.165) is 12.8 Å². The first-order valence-corrected chi connectivity index (χ1v) is 25.3. The summed E-state index contributed by atoms with van der Waals surface area (Å²) in [5.41, 5.74) is 8.17. The molecule has 1 unspecified atom stereocenters. The van der Waals surface area contributed by atoms with Crippen molar-refractivity contribution in [2.24, 2.45) is 0 Å². The zero-order valence-electron chi connectivity index (χ0n) is 24.8. The van der Waals surface area contributed by atoms with Crippen LogP contribution in [-0.2, 0) is 31.1 Å². The maximum atomic E-state index is 2.67. The molecular weight excluding hydrogens is 619 g/mol. The molecule has 37 heavy (non-hydrogen) atoms. The molecule has 0 N–H and O–H groups in total. The fraction of sp³-hybridized carbons (Fsp3) is 0.484. The minimum atomic E-state index is -1.69. The molecule has 0 fully saturated rings. The van der Waals surface area contributed by atoms with Gasteiger partial charge in [0, 0.05) is 0 Å². The Hall–Kier alpha value is 0.0338. The van der Waals surface area contributed by atoms with Gasteiger partial charge >= 0.3 is 234 Å². The Labute approximate surface area is 257 Å². The Kier molecular flexibility index (Phi) is 10.0. The van der Waals surface area contributed by atoms with E-state index in [9.17, 15) is 0 Å². The van der Waals surface area contributed by atoms with Crippen molar-refractivity contribution < 1.29 is 49.5 Å². The third-order valence-corrected chi connectivity index (χ3v) is 17.9. The van der Waals surface area contributed by atoms with Gasteiger partial charge in [0.2, 0.25) is 0 Å². The van der Waals surface area contributed by atoms with E-state index in [1.807, 2.05) is 10.4 Å². The molecule has 0 aliphatic heterocycles. The Morgan fingerprint density at radius 3 is 1.89 bits per heavy atom. The number of fused-ring (bicyclic) bond motifs is 2. The van der Waals surface area contributed by atoms with Crippen LogP contribution in [0.5, 0.6) is 0 Å². The predicted molar refractivity (Wildman–Crippen MR) is 161 cm³/mol. The molecule has 199 valence electrons. The summed E-state index contributed by atoms with van der Waals surface area (Å²) >= 11 is 1.57.